The van der Waals surface area contributed by atoms with Crippen molar-refractivity contribution in [1.82, 2.24) is 14.9 Å². The molecule has 1 aliphatic heterocycles. The molecule has 0 saturated carbocycles. The highest BCUT2D eigenvalue weighted by Crippen LogP contribution is 2.40. The molecule has 1 aromatic carbocycles. The molecule has 1 amide bonds. The molecular weight excluding hydrogens is 462 g/mol. The average Bonchev–Trinajstić information content (AvgIpc) is 3.04. The van der Waals surface area contributed by atoms with Crippen molar-refractivity contribution in [2.24, 2.45) is 0 Å². The van der Waals surface area contributed by atoms with E-state index in [1.165, 1.54) is 12.0 Å². The van der Waals surface area contributed by atoms with Gasteiger partial charge in [-0.25, -0.2) is 0 Å². The minimum atomic E-state index is -0.775. The fourth-order valence-electron chi connectivity index (χ4n) is 3.58. The number of carbonyl (C=O) groups is 2. The first kappa shape index (κ1) is 20.7. The topological polar surface area (TPSA) is 92.6 Å². The lowest BCUT2D eigenvalue weighted by atomic mass is 9.96. The smallest absolute Gasteiger partial charge is 0.295 e. The number of aliphatic hydroxyl groups is 1. The van der Waals surface area contributed by atoms with Gasteiger partial charge in [-0.2, -0.15) is 0 Å². The molecule has 4 rings (SSSR count). The molecule has 0 bridgehead atoms. The first-order valence-corrected chi connectivity index (χ1v) is 10.2. The molecule has 1 atom stereocenters. The summed E-state index contributed by atoms with van der Waals surface area (Å²) in [6.45, 7) is 0.190. The zero-order valence-corrected chi connectivity index (χ0v) is 18.1. The fraction of sp³-hybridized carbons (Fsp3) is 0.130. The van der Waals surface area contributed by atoms with E-state index in [4.69, 9.17) is 4.74 Å². The van der Waals surface area contributed by atoms with Crippen molar-refractivity contribution in [3.05, 3.63) is 94.0 Å². The number of hydrogen-bond acceptors (Lipinski definition) is 6. The summed E-state index contributed by atoms with van der Waals surface area (Å²) in [5.41, 5.74) is 1.86. The van der Waals surface area contributed by atoms with E-state index < -0.39 is 17.7 Å². The van der Waals surface area contributed by atoms with Gasteiger partial charge in [0.05, 0.1) is 23.2 Å². The Bertz CT molecular complexity index is 1170. The number of halogens is 1. The van der Waals surface area contributed by atoms with Gasteiger partial charge in [-0.3, -0.25) is 19.6 Å². The van der Waals surface area contributed by atoms with Crippen LogP contribution in [-0.2, 0) is 16.1 Å². The summed E-state index contributed by atoms with van der Waals surface area (Å²) in [5, 5.41) is 11.1. The van der Waals surface area contributed by atoms with Gasteiger partial charge in [-0.05, 0) is 63.5 Å². The maximum Gasteiger partial charge on any atom is 0.295 e. The number of amides is 1. The molecule has 3 aromatic rings. The molecule has 1 unspecified atom stereocenters. The largest absolute Gasteiger partial charge is 0.507 e. The third kappa shape index (κ3) is 3.94. The number of hydrogen-bond donors (Lipinski definition) is 1. The number of aromatic nitrogens is 2. The van der Waals surface area contributed by atoms with Crippen molar-refractivity contribution in [1.29, 1.82) is 0 Å². The summed E-state index contributed by atoms with van der Waals surface area (Å²) < 4.78 is 5.84. The van der Waals surface area contributed by atoms with Gasteiger partial charge in [0.1, 0.15) is 11.5 Å². The zero-order chi connectivity index (χ0) is 22.0. The number of benzene rings is 1. The maximum absolute atomic E-state index is 13.0. The second-order valence-electron chi connectivity index (χ2n) is 6.92. The number of aliphatic hydroxyl groups excluding tert-OH is 1. The average molecular weight is 480 g/mol. The van der Waals surface area contributed by atoms with E-state index in [0.29, 0.717) is 21.3 Å². The normalized spacial score (nSPS) is 17.7. The van der Waals surface area contributed by atoms with E-state index in [0.717, 1.165) is 5.56 Å². The molecule has 2 aromatic heterocycles. The van der Waals surface area contributed by atoms with E-state index in [1.54, 1.807) is 67.3 Å². The van der Waals surface area contributed by atoms with Crippen LogP contribution in [0.2, 0.25) is 0 Å². The number of methoxy groups -OCH3 is 1. The molecule has 3 heterocycles. The first-order chi connectivity index (χ1) is 15.0. The number of ether oxygens (including phenoxy) is 1. The monoisotopic (exact) mass is 479 g/mol. The fourth-order valence-corrected chi connectivity index (χ4v) is 4.12. The molecule has 7 nitrogen and oxygen atoms in total. The number of likely N-dealkylation sites (tertiary alicyclic amines) is 1. The number of pyridine rings is 2. The Morgan fingerprint density at radius 1 is 1.13 bits per heavy atom. The molecule has 1 aliphatic rings. The maximum atomic E-state index is 13.0. The standard InChI is InChI=1S/C23H18BrN3O4/c1-31-18-5-4-15(11-17(18)24)21(28)19-20(16-3-2-8-26-12-16)27(23(30)22(19)29)13-14-6-9-25-10-7-14/h2-12,20,28H,13H2,1H3/b21-19-. The van der Waals surface area contributed by atoms with E-state index in [-0.39, 0.29) is 17.9 Å². The van der Waals surface area contributed by atoms with Crippen LogP contribution in [0.1, 0.15) is 22.7 Å². The van der Waals surface area contributed by atoms with Crippen molar-refractivity contribution in [2.75, 3.05) is 7.11 Å². The van der Waals surface area contributed by atoms with Crippen LogP contribution in [0.4, 0.5) is 0 Å². The van der Waals surface area contributed by atoms with Gasteiger partial charge in [0.15, 0.2) is 0 Å². The summed E-state index contributed by atoms with van der Waals surface area (Å²) in [4.78, 5) is 35.6. The molecule has 0 radical (unpaired) electrons. The van der Waals surface area contributed by atoms with Crippen LogP contribution in [0.5, 0.6) is 5.75 Å². The van der Waals surface area contributed by atoms with E-state index in [1.807, 2.05) is 0 Å². The van der Waals surface area contributed by atoms with Gasteiger partial charge < -0.3 is 14.7 Å². The Balaban J connectivity index is 1.85. The SMILES string of the molecule is COc1ccc(/C(O)=C2/C(=O)C(=O)N(Cc3ccncc3)C2c2cccnc2)cc1Br. The highest BCUT2D eigenvalue weighted by Gasteiger charge is 2.46. The Labute approximate surface area is 187 Å². The third-order valence-electron chi connectivity index (χ3n) is 5.07. The minimum absolute atomic E-state index is 0.0177. The Hall–Kier alpha value is -3.52. The number of carbonyl (C=O) groups excluding carboxylic acids is 2. The summed E-state index contributed by atoms with van der Waals surface area (Å²) >= 11 is 3.39. The van der Waals surface area contributed by atoms with Crippen molar-refractivity contribution < 1.29 is 19.4 Å². The van der Waals surface area contributed by atoms with Gasteiger partial charge in [0.2, 0.25) is 0 Å². The van der Waals surface area contributed by atoms with E-state index in [2.05, 4.69) is 25.9 Å². The number of nitrogens with zero attached hydrogens (tertiary/aromatic N) is 3. The number of rotatable bonds is 5. The molecule has 1 fully saturated rings. The zero-order valence-electron chi connectivity index (χ0n) is 16.5. The number of Topliss-reactive ketones (excluding diaryl/α,β-unsaturated/α-hetero) is 1. The van der Waals surface area contributed by atoms with Crippen molar-refractivity contribution in [2.45, 2.75) is 12.6 Å². The minimum Gasteiger partial charge on any atom is -0.507 e. The molecule has 8 heteroatoms. The highest BCUT2D eigenvalue weighted by atomic mass is 79.9. The highest BCUT2D eigenvalue weighted by molar-refractivity contribution is 9.10. The van der Waals surface area contributed by atoms with Gasteiger partial charge in [0, 0.05) is 36.9 Å². The van der Waals surface area contributed by atoms with Crippen LogP contribution in [-0.4, -0.2) is 38.8 Å². The lowest BCUT2D eigenvalue weighted by Crippen LogP contribution is -2.29. The third-order valence-corrected chi connectivity index (χ3v) is 5.69. The number of ketones is 1. The summed E-state index contributed by atoms with van der Waals surface area (Å²) in [5.74, 6) is -1.10. The summed E-state index contributed by atoms with van der Waals surface area (Å²) in [6, 6.07) is 11.2. The van der Waals surface area contributed by atoms with Gasteiger partial charge in [-0.1, -0.05) is 6.07 Å². The quantitative estimate of drug-likeness (QED) is 0.339. The Morgan fingerprint density at radius 2 is 1.90 bits per heavy atom. The van der Waals surface area contributed by atoms with Crippen LogP contribution >= 0.6 is 15.9 Å². The molecule has 156 valence electrons. The second-order valence-corrected chi connectivity index (χ2v) is 7.77. The summed E-state index contributed by atoms with van der Waals surface area (Å²) in [6.07, 6.45) is 6.45. The molecule has 31 heavy (non-hydrogen) atoms. The Morgan fingerprint density at radius 3 is 2.55 bits per heavy atom. The van der Waals surface area contributed by atoms with Crippen molar-refractivity contribution in [3.8, 4) is 5.75 Å². The van der Waals surface area contributed by atoms with Crippen LogP contribution < -0.4 is 4.74 Å². The first-order valence-electron chi connectivity index (χ1n) is 9.42. The van der Waals surface area contributed by atoms with E-state index >= 15 is 0 Å². The predicted octanol–water partition coefficient (Wildman–Crippen LogP) is 3.87. The Kier molecular flexibility index (Phi) is 5.81. The van der Waals surface area contributed by atoms with Gasteiger partial charge in [0.25, 0.3) is 11.7 Å². The predicted molar refractivity (Wildman–Crippen MR) is 117 cm³/mol. The molecule has 1 saturated heterocycles. The van der Waals surface area contributed by atoms with Gasteiger partial charge >= 0.3 is 0 Å². The summed E-state index contributed by atoms with van der Waals surface area (Å²) in [7, 11) is 1.53. The van der Waals surface area contributed by atoms with Crippen LogP contribution in [0.3, 0.4) is 0 Å². The van der Waals surface area contributed by atoms with Crippen molar-refractivity contribution in [3.63, 3.8) is 0 Å². The van der Waals surface area contributed by atoms with Crippen LogP contribution in [0.25, 0.3) is 5.76 Å². The van der Waals surface area contributed by atoms with Crippen LogP contribution in [0.15, 0.2) is 77.3 Å². The molecule has 1 N–H and O–H groups in total. The molecular formula is C23H18BrN3O4. The molecule has 0 aliphatic carbocycles. The lowest BCUT2D eigenvalue weighted by Gasteiger charge is -2.25. The second kappa shape index (κ2) is 8.69. The van der Waals surface area contributed by atoms with Crippen molar-refractivity contribution >= 4 is 33.4 Å². The molecule has 0 spiro atoms. The van der Waals surface area contributed by atoms with E-state index in [9.17, 15) is 14.7 Å². The lowest BCUT2D eigenvalue weighted by molar-refractivity contribution is -0.140. The van der Waals surface area contributed by atoms with Gasteiger partial charge in [-0.15, -0.1) is 0 Å². The van der Waals surface area contributed by atoms with Crippen LogP contribution in [0, 0.1) is 0 Å².